The number of benzene rings is 1. The molecule has 1 amide bonds. The van der Waals surface area contributed by atoms with Crippen LogP contribution in [-0.4, -0.2) is 62.4 Å². The first kappa shape index (κ1) is 20.8. The van der Waals surface area contributed by atoms with Gasteiger partial charge in [-0.1, -0.05) is 24.6 Å². The average Bonchev–Trinajstić information content (AvgIpc) is 2.67. The Kier molecular flexibility index (Phi) is 6.27. The van der Waals surface area contributed by atoms with Crippen LogP contribution in [0.5, 0.6) is 0 Å². The standard InChI is InChI=1S/C22H33N3O3S/c1-17-5-2-3-8-21(17)29(27,28)23-19-11-9-18(10-12-19)22(26)25-15-13-24(14-16-25)20-6-4-7-20/h2-3,5,8,18-20,23H,4,6-7,9-16H2,1H3. The topological polar surface area (TPSA) is 69.7 Å². The molecule has 3 fully saturated rings. The number of carbonyl (C=O) groups excluding carboxylic acids is 1. The maximum atomic E-state index is 12.9. The molecular weight excluding hydrogens is 386 g/mol. The molecule has 160 valence electrons. The van der Waals surface area contributed by atoms with E-state index in [2.05, 4.69) is 9.62 Å². The Hall–Kier alpha value is -1.44. The third kappa shape index (κ3) is 4.67. The molecule has 0 atom stereocenters. The molecule has 0 unspecified atom stereocenters. The lowest BCUT2D eigenvalue weighted by molar-refractivity contribution is -0.139. The molecule has 1 aromatic rings. The fourth-order valence-corrected chi connectivity index (χ4v) is 6.47. The van der Waals surface area contributed by atoms with Crippen molar-refractivity contribution in [3.8, 4) is 0 Å². The summed E-state index contributed by atoms with van der Waals surface area (Å²) in [5.74, 6) is 0.322. The minimum absolute atomic E-state index is 0.0458. The zero-order valence-electron chi connectivity index (χ0n) is 17.3. The van der Waals surface area contributed by atoms with Gasteiger partial charge in [-0.2, -0.15) is 0 Å². The summed E-state index contributed by atoms with van der Waals surface area (Å²) in [5, 5.41) is 0. The van der Waals surface area contributed by atoms with Gasteiger partial charge in [-0.3, -0.25) is 9.69 Å². The molecule has 7 heteroatoms. The Morgan fingerprint density at radius 1 is 0.966 bits per heavy atom. The van der Waals surface area contributed by atoms with Crippen LogP contribution in [0.15, 0.2) is 29.2 Å². The summed E-state index contributed by atoms with van der Waals surface area (Å²) in [5.41, 5.74) is 0.755. The van der Waals surface area contributed by atoms with Crippen molar-refractivity contribution in [2.75, 3.05) is 26.2 Å². The van der Waals surface area contributed by atoms with Crippen molar-refractivity contribution in [2.45, 2.75) is 68.8 Å². The van der Waals surface area contributed by atoms with Gasteiger partial charge >= 0.3 is 0 Å². The predicted molar refractivity (Wildman–Crippen MR) is 113 cm³/mol. The molecule has 0 aromatic heterocycles. The quantitative estimate of drug-likeness (QED) is 0.796. The highest BCUT2D eigenvalue weighted by Crippen LogP contribution is 2.29. The van der Waals surface area contributed by atoms with Gasteiger partial charge in [0.1, 0.15) is 0 Å². The molecule has 29 heavy (non-hydrogen) atoms. The molecule has 3 aliphatic rings. The summed E-state index contributed by atoms with van der Waals surface area (Å²) in [4.78, 5) is 17.9. The van der Waals surface area contributed by atoms with Gasteiger partial charge in [-0.05, 0) is 57.1 Å². The summed E-state index contributed by atoms with van der Waals surface area (Å²) in [6.45, 7) is 5.50. The summed E-state index contributed by atoms with van der Waals surface area (Å²) in [7, 11) is -3.51. The van der Waals surface area contributed by atoms with Crippen LogP contribution in [0.1, 0.15) is 50.5 Å². The molecule has 0 radical (unpaired) electrons. The largest absolute Gasteiger partial charge is 0.340 e. The van der Waals surface area contributed by atoms with Crippen molar-refractivity contribution in [1.82, 2.24) is 14.5 Å². The van der Waals surface area contributed by atoms with Crippen molar-refractivity contribution in [2.24, 2.45) is 5.92 Å². The predicted octanol–water partition coefficient (Wildman–Crippen LogP) is 2.53. The first-order valence-corrected chi connectivity index (χ1v) is 12.5. The Labute approximate surface area is 174 Å². The molecule has 6 nitrogen and oxygen atoms in total. The Balaban J connectivity index is 1.26. The second-order valence-electron chi connectivity index (χ2n) is 8.88. The minimum atomic E-state index is -3.51. The van der Waals surface area contributed by atoms with Crippen LogP contribution in [0.25, 0.3) is 0 Å². The van der Waals surface area contributed by atoms with E-state index in [1.807, 2.05) is 24.0 Å². The highest BCUT2D eigenvalue weighted by atomic mass is 32.2. The molecule has 1 heterocycles. The van der Waals surface area contributed by atoms with E-state index in [0.717, 1.165) is 63.5 Å². The van der Waals surface area contributed by atoms with Gasteiger partial charge in [0.25, 0.3) is 0 Å². The fraction of sp³-hybridized carbons (Fsp3) is 0.682. The van der Waals surface area contributed by atoms with E-state index < -0.39 is 10.0 Å². The highest BCUT2D eigenvalue weighted by Gasteiger charge is 2.34. The van der Waals surface area contributed by atoms with Crippen LogP contribution in [0.4, 0.5) is 0 Å². The number of piperazine rings is 1. The number of nitrogens with zero attached hydrogens (tertiary/aromatic N) is 2. The number of nitrogens with one attached hydrogen (secondary N) is 1. The van der Waals surface area contributed by atoms with E-state index in [1.54, 1.807) is 12.1 Å². The van der Waals surface area contributed by atoms with Crippen molar-refractivity contribution < 1.29 is 13.2 Å². The molecule has 2 saturated carbocycles. The summed E-state index contributed by atoms with van der Waals surface area (Å²) in [6, 6.07) is 7.73. The molecule has 0 bridgehead atoms. The zero-order valence-corrected chi connectivity index (χ0v) is 18.2. The fourth-order valence-electron chi connectivity index (χ4n) is 4.92. The molecule has 2 aliphatic carbocycles. The van der Waals surface area contributed by atoms with Crippen LogP contribution < -0.4 is 4.72 Å². The van der Waals surface area contributed by atoms with Crippen molar-refractivity contribution in [3.05, 3.63) is 29.8 Å². The number of sulfonamides is 1. The highest BCUT2D eigenvalue weighted by molar-refractivity contribution is 7.89. The molecule has 1 aliphatic heterocycles. The number of hydrogen-bond donors (Lipinski definition) is 1. The third-order valence-electron chi connectivity index (χ3n) is 7.00. The minimum Gasteiger partial charge on any atom is -0.340 e. The van der Waals surface area contributed by atoms with Crippen LogP contribution in [0.3, 0.4) is 0 Å². The molecule has 1 aromatic carbocycles. The van der Waals surface area contributed by atoms with E-state index in [1.165, 1.54) is 19.3 Å². The van der Waals surface area contributed by atoms with Crippen LogP contribution in [-0.2, 0) is 14.8 Å². The van der Waals surface area contributed by atoms with Gasteiger partial charge in [0.15, 0.2) is 0 Å². The van der Waals surface area contributed by atoms with Crippen LogP contribution >= 0.6 is 0 Å². The molecular formula is C22H33N3O3S. The van der Waals surface area contributed by atoms with E-state index in [4.69, 9.17) is 0 Å². The molecule has 4 rings (SSSR count). The van der Waals surface area contributed by atoms with Gasteiger partial charge in [-0.15, -0.1) is 0 Å². The molecule has 1 saturated heterocycles. The second kappa shape index (κ2) is 8.74. The summed E-state index contributed by atoms with van der Waals surface area (Å²) in [6.07, 6.45) is 6.96. The Bertz CT molecular complexity index is 821. The normalized spacial score (nSPS) is 26.9. The van der Waals surface area contributed by atoms with Crippen molar-refractivity contribution >= 4 is 15.9 Å². The van der Waals surface area contributed by atoms with Gasteiger partial charge < -0.3 is 4.90 Å². The first-order valence-electron chi connectivity index (χ1n) is 11.0. The summed E-state index contributed by atoms with van der Waals surface area (Å²) < 4.78 is 28.3. The Morgan fingerprint density at radius 2 is 1.62 bits per heavy atom. The van der Waals surface area contributed by atoms with E-state index in [9.17, 15) is 13.2 Å². The van der Waals surface area contributed by atoms with E-state index >= 15 is 0 Å². The Morgan fingerprint density at radius 3 is 2.21 bits per heavy atom. The number of amides is 1. The van der Waals surface area contributed by atoms with Gasteiger partial charge in [-0.25, -0.2) is 13.1 Å². The lowest BCUT2D eigenvalue weighted by Crippen LogP contribution is -2.54. The lowest BCUT2D eigenvalue weighted by atomic mass is 9.85. The van der Waals surface area contributed by atoms with Crippen molar-refractivity contribution in [1.29, 1.82) is 0 Å². The van der Waals surface area contributed by atoms with Crippen LogP contribution in [0, 0.1) is 12.8 Å². The SMILES string of the molecule is Cc1ccccc1S(=O)(=O)NC1CCC(C(=O)N2CCN(C3CCC3)CC2)CC1. The van der Waals surface area contributed by atoms with Gasteiger partial charge in [0.2, 0.25) is 15.9 Å². The van der Waals surface area contributed by atoms with E-state index in [-0.39, 0.29) is 17.9 Å². The van der Waals surface area contributed by atoms with Gasteiger partial charge in [0.05, 0.1) is 4.90 Å². The van der Waals surface area contributed by atoms with Crippen LogP contribution in [0.2, 0.25) is 0 Å². The monoisotopic (exact) mass is 419 g/mol. The lowest BCUT2D eigenvalue weighted by Gasteiger charge is -2.44. The maximum Gasteiger partial charge on any atom is 0.241 e. The number of carbonyl (C=O) groups is 1. The second-order valence-corrected chi connectivity index (χ2v) is 10.6. The molecule has 1 N–H and O–H groups in total. The van der Waals surface area contributed by atoms with Gasteiger partial charge in [0, 0.05) is 44.2 Å². The average molecular weight is 420 g/mol. The van der Waals surface area contributed by atoms with E-state index in [0.29, 0.717) is 4.90 Å². The maximum absolute atomic E-state index is 12.9. The number of rotatable bonds is 5. The number of hydrogen-bond acceptors (Lipinski definition) is 4. The first-order chi connectivity index (χ1) is 13.9. The third-order valence-corrected chi connectivity index (χ3v) is 8.68. The zero-order chi connectivity index (χ0) is 20.4. The summed E-state index contributed by atoms with van der Waals surface area (Å²) >= 11 is 0. The smallest absolute Gasteiger partial charge is 0.241 e. The number of aryl methyl sites for hydroxylation is 1. The van der Waals surface area contributed by atoms with Crippen molar-refractivity contribution in [3.63, 3.8) is 0 Å². The molecule has 0 spiro atoms.